The van der Waals surface area contributed by atoms with Crippen molar-refractivity contribution in [2.24, 2.45) is 0 Å². The van der Waals surface area contributed by atoms with Gasteiger partial charge in [0, 0.05) is 48.8 Å². The van der Waals surface area contributed by atoms with Gasteiger partial charge in [0.2, 0.25) is 11.8 Å². The number of aromatic nitrogens is 2. The number of fused-ring (bicyclic) bond motifs is 1. The van der Waals surface area contributed by atoms with Gasteiger partial charge in [0.05, 0.1) is 22.3 Å². The van der Waals surface area contributed by atoms with E-state index in [0.717, 1.165) is 30.9 Å². The second-order valence-corrected chi connectivity index (χ2v) is 9.18. The molecule has 5 rings (SSSR count). The molecule has 0 saturated carbocycles. The van der Waals surface area contributed by atoms with Crippen LogP contribution in [-0.2, 0) is 6.61 Å². The standard InChI is InChI=1S/C24H24Cl2N6O3/c1-14-10-27-7-8-31(14)20-6-5-16(9-15(20)12-33)29-24-28-11-17-22(30-24)35-13-32(23(17)34)21-18(25)3-2-4-19(21)26/h2-6,9,11,14,27,33H,7-8,10,12-13H2,1H3,(H,28,29,30)/t14-/m1/s1. The molecule has 11 heteroatoms. The van der Waals surface area contributed by atoms with E-state index in [0.29, 0.717) is 27.5 Å². The van der Waals surface area contributed by atoms with E-state index in [1.165, 1.54) is 11.1 Å². The van der Waals surface area contributed by atoms with Crippen LogP contribution in [0.5, 0.6) is 5.88 Å². The molecule has 3 aromatic rings. The minimum atomic E-state index is -0.357. The Morgan fingerprint density at radius 2 is 2.06 bits per heavy atom. The van der Waals surface area contributed by atoms with Gasteiger partial charge in [-0.05, 0) is 37.3 Å². The molecule has 0 radical (unpaired) electrons. The molecule has 3 N–H and O–H groups in total. The molecule has 3 heterocycles. The van der Waals surface area contributed by atoms with Crippen LogP contribution in [0.1, 0.15) is 22.8 Å². The monoisotopic (exact) mass is 514 g/mol. The Morgan fingerprint density at radius 3 is 2.80 bits per heavy atom. The molecule has 1 aromatic heterocycles. The number of halogens is 2. The van der Waals surface area contributed by atoms with E-state index in [-0.39, 0.29) is 36.6 Å². The molecular formula is C24H24Cl2N6O3. The third-order valence-electron chi connectivity index (χ3n) is 6.08. The fourth-order valence-electron chi connectivity index (χ4n) is 4.32. The van der Waals surface area contributed by atoms with Gasteiger partial charge in [-0.25, -0.2) is 4.98 Å². The maximum absolute atomic E-state index is 13.1. The quantitative estimate of drug-likeness (QED) is 0.472. The van der Waals surface area contributed by atoms with Crippen molar-refractivity contribution in [1.82, 2.24) is 15.3 Å². The van der Waals surface area contributed by atoms with Gasteiger partial charge in [0.15, 0.2) is 6.73 Å². The van der Waals surface area contributed by atoms with Crippen molar-refractivity contribution >= 4 is 52.1 Å². The Balaban J connectivity index is 1.36. The average molecular weight is 515 g/mol. The van der Waals surface area contributed by atoms with Crippen LogP contribution in [0.25, 0.3) is 0 Å². The van der Waals surface area contributed by atoms with E-state index in [9.17, 15) is 9.90 Å². The molecule has 0 aliphatic carbocycles. The summed E-state index contributed by atoms with van der Waals surface area (Å²) < 4.78 is 5.75. The molecule has 1 fully saturated rings. The number of piperazine rings is 1. The predicted molar refractivity (Wildman–Crippen MR) is 136 cm³/mol. The largest absolute Gasteiger partial charge is 0.455 e. The number of para-hydroxylation sites is 1. The second kappa shape index (κ2) is 9.87. The van der Waals surface area contributed by atoms with Crippen LogP contribution in [0, 0.1) is 0 Å². The third kappa shape index (κ3) is 4.60. The molecule has 1 saturated heterocycles. The molecule has 9 nitrogen and oxygen atoms in total. The predicted octanol–water partition coefficient (Wildman–Crippen LogP) is 3.81. The van der Waals surface area contributed by atoms with Gasteiger partial charge in [-0.3, -0.25) is 9.69 Å². The number of benzene rings is 2. The van der Waals surface area contributed by atoms with Crippen LogP contribution < -0.4 is 25.2 Å². The van der Waals surface area contributed by atoms with Crippen molar-refractivity contribution in [3.8, 4) is 5.88 Å². The number of aliphatic hydroxyl groups excluding tert-OH is 1. The first-order valence-electron chi connectivity index (χ1n) is 11.2. The number of hydrogen-bond donors (Lipinski definition) is 3. The van der Waals surface area contributed by atoms with Crippen LogP contribution in [0.3, 0.4) is 0 Å². The van der Waals surface area contributed by atoms with Crippen molar-refractivity contribution in [3.05, 3.63) is 63.8 Å². The van der Waals surface area contributed by atoms with Crippen molar-refractivity contribution in [2.75, 3.05) is 41.5 Å². The lowest BCUT2D eigenvalue weighted by atomic mass is 10.1. The number of carbonyl (C=O) groups excluding carboxylic acids is 1. The summed E-state index contributed by atoms with van der Waals surface area (Å²) in [6, 6.07) is 11.1. The normalized spacial score (nSPS) is 17.7. The zero-order valence-electron chi connectivity index (χ0n) is 19.0. The van der Waals surface area contributed by atoms with E-state index in [1.807, 2.05) is 18.2 Å². The summed E-state index contributed by atoms with van der Waals surface area (Å²) in [6.07, 6.45) is 1.41. The van der Waals surface area contributed by atoms with Gasteiger partial charge in [-0.1, -0.05) is 29.3 Å². The van der Waals surface area contributed by atoms with E-state index < -0.39 is 0 Å². The Kier molecular flexibility index (Phi) is 6.66. The van der Waals surface area contributed by atoms with Crippen molar-refractivity contribution < 1.29 is 14.6 Å². The average Bonchev–Trinajstić information content (AvgIpc) is 2.85. The SMILES string of the molecule is C[C@@H]1CNCCN1c1ccc(Nc2ncc3c(n2)OCN(c2c(Cl)cccc2Cl)C3=O)cc1CO. The van der Waals surface area contributed by atoms with Crippen molar-refractivity contribution in [2.45, 2.75) is 19.6 Å². The lowest BCUT2D eigenvalue weighted by Gasteiger charge is -2.37. The number of hydrogen-bond acceptors (Lipinski definition) is 8. The van der Waals surface area contributed by atoms with E-state index in [1.54, 1.807) is 18.2 Å². The highest BCUT2D eigenvalue weighted by molar-refractivity contribution is 6.40. The summed E-state index contributed by atoms with van der Waals surface area (Å²) in [6.45, 7) is 4.64. The highest BCUT2D eigenvalue weighted by Crippen LogP contribution is 2.37. The molecule has 35 heavy (non-hydrogen) atoms. The van der Waals surface area contributed by atoms with E-state index >= 15 is 0 Å². The van der Waals surface area contributed by atoms with Gasteiger partial charge in [0.25, 0.3) is 5.91 Å². The van der Waals surface area contributed by atoms with Crippen LogP contribution in [0.2, 0.25) is 10.0 Å². The Bertz CT molecular complexity index is 1250. The topological polar surface area (TPSA) is 103 Å². The lowest BCUT2D eigenvalue weighted by Crippen LogP contribution is -2.50. The number of amides is 1. The number of rotatable bonds is 5. The Morgan fingerprint density at radius 1 is 1.26 bits per heavy atom. The highest BCUT2D eigenvalue weighted by Gasteiger charge is 2.31. The number of carbonyl (C=O) groups is 1. The molecule has 2 aliphatic rings. The van der Waals surface area contributed by atoms with Crippen LogP contribution in [-0.4, -0.2) is 53.4 Å². The van der Waals surface area contributed by atoms with E-state index in [4.69, 9.17) is 27.9 Å². The van der Waals surface area contributed by atoms with Gasteiger partial charge < -0.3 is 25.4 Å². The number of aliphatic hydroxyl groups is 1. The van der Waals surface area contributed by atoms with Crippen LogP contribution in [0.15, 0.2) is 42.6 Å². The van der Waals surface area contributed by atoms with Gasteiger partial charge in [0.1, 0.15) is 5.56 Å². The summed E-state index contributed by atoms with van der Waals surface area (Å²) in [5.41, 5.74) is 3.11. The maximum atomic E-state index is 13.1. The summed E-state index contributed by atoms with van der Waals surface area (Å²) >= 11 is 12.5. The smallest absolute Gasteiger partial charge is 0.268 e. The molecule has 0 spiro atoms. The number of nitrogens with one attached hydrogen (secondary N) is 2. The molecule has 0 unspecified atom stereocenters. The summed E-state index contributed by atoms with van der Waals surface area (Å²) in [7, 11) is 0. The van der Waals surface area contributed by atoms with E-state index in [2.05, 4.69) is 32.4 Å². The first-order chi connectivity index (χ1) is 17.0. The first-order valence-corrected chi connectivity index (χ1v) is 12.0. The molecular weight excluding hydrogens is 491 g/mol. The molecule has 1 amide bonds. The number of nitrogens with zero attached hydrogens (tertiary/aromatic N) is 4. The number of ether oxygens (including phenoxy) is 1. The second-order valence-electron chi connectivity index (χ2n) is 8.36. The molecule has 1 atom stereocenters. The third-order valence-corrected chi connectivity index (χ3v) is 6.69. The van der Waals surface area contributed by atoms with Gasteiger partial charge in [-0.2, -0.15) is 4.98 Å². The first kappa shape index (κ1) is 23.6. The Hall–Kier alpha value is -3.11. The highest BCUT2D eigenvalue weighted by atomic mass is 35.5. The lowest BCUT2D eigenvalue weighted by molar-refractivity contribution is 0.0932. The summed E-state index contributed by atoms with van der Waals surface area (Å²) in [5.74, 6) is 0.0818. The fraction of sp³-hybridized carbons (Fsp3) is 0.292. The Labute approximate surface area is 212 Å². The fourth-order valence-corrected chi connectivity index (χ4v) is 4.93. The van der Waals surface area contributed by atoms with Crippen LogP contribution in [0.4, 0.5) is 23.0 Å². The zero-order valence-corrected chi connectivity index (χ0v) is 20.5. The van der Waals surface area contributed by atoms with Gasteiger partial charge >= 0.3 is 0 Å². The molecule has 2 aliphatic heterocycles. The number of anilines is 4. The zero-order chi connectivity index (χ0) is 24.5. The maximum Gasteiger partial charge on any atom is 0.268 e. The minimum absolute atomic E-state index is 0.0853. The minimum Gasteiger partial charge on any atom is -0.455 e. The van der Waals surface area contributed by atoms with Crippen molar-refractivity contribution in [1.29, 1.82) is 0 Å². The van der Waals surface area contributed by atoms with Crippen LogP contribution >= 0.6 is 23.2 Å². The molecule has 0 bridgehead atoms. The molecule has 182 valence electrons. The summed E-state index contributed by atoms with van der Waals surface area (Å²) in [5, 5.41) is 17.2. The summed E-state index contributed by atoms with van der Waals surface area (Å²) in [4.78, 5) is 25.4. The molecule has 2 aromatic carbocycles. The van der Waals surface area contributed by atoms with Crippen molar-refractivity contribution in [3.63, 3.8) is 0 Å². The van der Waals surface area contributed by atoms with Gasteiger partial charge in [-0.15, -0.1) is 0 Å².